The van der Waals surface area contributed by atoms with E-state index in [4.69, 9.17) is 9.47 Å². The monoisotopic (exact) mass is 342 g/mol. The molecule has 0 unspecified atom stereocenters. The van der Waals surface area contributed by atoms with E-state index < -0.39 is 0 Å². The van der Waals surface area contributed by atoms with Crippen LogP contribution >= 0.6 is 31.9 Å². The predicted octanol–water partition coefficient (Wildman–Crippen LogP) is 3.16. The molecule has 0 N–H and O–H groups in total. The molecule has 1 rings (SSSR count). The van der Waals surface area contributed by atoms with Crippen molar-refractivity contribution in [2.75, 3.05) is 13.2 Å². The van der Waals surface area contributed by atoms with Gasteiger partial charge in [0.1, 0.15) is 24.7 Å². The Labute approximate surface area is 112 Å². The maximum absolute atomic E-state index is 5.33. The third kappa shape index (κ3) is 5.11. The molecule has 0 saturated carbocycles. The van der Waals surface area contributed by atoms with Gasteiger partial charge in [-0.15, -0.1) is 0 Å². The molecule has 0 aromatic heterocycles. The van der Waals surface area contributed by atoms with Crippen LogP contribution in [0.1, 0.15) is 0 Å². The van der Waals surface area contributed by atoms with Gasteiger partial charge in [0.05, 0.1) is 0 Å². The minimum Gasteiger partial charge on any atom is -0.481 e. The summed E-state index contributed by atoms with van der Waals surface area (Å²) in [6, 6.07) is 7.30. The summed E-state index contributed by atoms with van der Waals surface area (Å²) in [4.78, 5) is 5.15. The SMILES string of the molecule is BrC#CCOc1ccc(OCC#CBr)cc1. The summed E-state index contributed by atoms with van der Waals surface area (Å²) in [5.74, 6) is 7.00. The minimum absolute atomic E-state index is 0.362. The van der Waals surface area contributed by atoms with E-state index in [-0.39, 0.29) is 0 Å². The first-order chi connectivity index (χ1) is 7.86. The van der Waals surface area contributed by atoms with Crippen LogP contribution in [0.5, 0.6) is 11.5 Å². The lowest BCUT2D eigenvalue weighted by Gasteiger charge is -2.04. The van der Waals surface area contributed by atoms with Crippen LogP contribution in [0.4, 0.5) is 0 Å². The highest BCUT2D eigenvalue weighted by molar-refractivity contribution is 9.12. The average Bonchev–Trinajstić information content (AvgIpc) is 2.32. The van der Waals surface area contributed by atoms with E-state index in [2.05, 4.69) is 53.4 Å². The fourth-order valence-corrected chi connectivity index (χ4v) is 1.15. The predicted molar refractivity (Wildman–Crippen MR) is 70.8 cm³/mol. The largest absolute Gasteiger partial charge is 0.481 e. The Morgan fingerprint density at radius 2 is 1.19 bits per heavy atom. The molecule has 2 nitrogen and oxygen atoms in total. The summed E-state index contributed by atoms with van der Waals surface area (Å²) in [5.41, 5.74) is 0. The van der Waals surface area contributed by atoms with Crippen molar-refractivity contribution in [2.24, 2.45) is 0 Å². The fourth-order valence-electron chi connectivity index (χ4n) is 0.925. The number of hydrogen-bond donors (Lipinski definition) is 0. The molecule has 0 fully saturated rings. The molecule has 4 heteroatoms. The quantitative estimate of drug-likeness (QED) is 0.782. The van der Waals surface area contributed by atoms with Crippen molar-refractivity contribution in [3.8, 4) is 33.0 Å². The van der Waals surface area contributed by atoms with Gasteiger partial charge in [-0.1, -0.05) is 0 Å². The molecule has 1 aromatic carbocycles. The molecule has 16 heavy (non-hydrogen) atoms. The van der Waals surface area contributed by atoms with Crippen LogP contribution in [-0.4, -0.2) is 13.2 Å². The van der Waals surface area contributed by atoms with Gasteiger partial charge in [-0.25, -0.2) is 0 Å². The highest BCUT2D eigenvalue weighted by atomic mass is 79.9. The first-order valence-corrected chi connectivity index (χ1v) is 5.98. The van der Waals surface area contributed by atoms with E-state index in [1.165, 1.54) is 0 Å². The lowest BCUT2D eigenvalue weighted by atomic mass is 10.3. The van der Waals surface area contributed by atoms with Crippen LogP contribution in [0.3, 0.4) is 0 Å². The summed E-state index contributed by atoms with van der Waals surface area (Å²) in [6.07, 6.45) is 0. The second kappa shape index (κ2) is 8.10. The summed E-state index contributed by atoms with van der Waals surface area (Å²) in [5, 5.41) is 0. The summed E-state index contributed by atoms with van der Waals surface area (Å²) >= 11 is 5.98. The van der Waals surface area contributed by atoms with Crippen molar-refractivity contribution in [1.29, 1.82) is 0 Å². The molecule has 0 atom stereocenters. The molecule has 0 saturated heterocycles. The highest BCUT2D eigenvalue weighted by Gasteiger charge is 1.94. The fraction of sp³-hybridized carbons (Fsp3) is 0.167. The van der Waals surface area contributed by atoms with Gasteiger partial charge in [-0.2, -0.15) is 0 Å². The van der Waals surface area contributed by atoms with Gasteiger partial charge in [0.15, 0.2) is 0 Å². The number of benzene rings is 1. The standard InChI is InChI=1S/C12H8Br2O2/c13-7-1-9-15-11-3-5-12(6-4-11)16-10-2-8-14/h3-6H,9-10H2. The second-order valence-electron chi connectivity index (χ2n) is 2.59. The van der Waals surface area contributed by atoms with Crippen LogP contribution in [0.15, 0.2) is 24.3 Å². The van der Waals surface area contributed by atoms with E-state index in [0.29, 0.717) is 13.2 Å². The topological polar surface area (TPSA) is 18.5 Å². The summed E-state index contributed by atoms with van der Waals surface area (Å²) < 4.78 is 10.7. The maximum Gasteiger partial charge on any atom is 0.149 e. The third-order valence-electron chi connectivity index (χ3n) is 1.58. The molecule has 0 spiro atoms. The van der Waals surface area contributed by atoms with Crippen molar-refractivity contribution in [3.05, 3.63) is 24.3 Å². The Kier molecular flexibility index (Phi) is 6.56. The molecular weight excluding hydrogens is 336 g/mol. The van der Waals surface area contributed by atoms with Crippen LogP contribution in [0, 0.1) is 21.5 Å². The number of halogens is 2. The lowest BCUT2D eigenvalue weighted by Crippen LogP contribution is -1.95. The van der Waals surface area contributed by atoms with Crippen LogP contribution in [0.25, 0.3) is 0 Å². The Hall–Kier alpha value is -1.10. The third-order valence-corrected chi connectivity index (χ3v) is 2.14. The number of rotatable bonds is 4. The van der Waals surface area contributed by atoms with Gasteiger partial charge < -0.3 is 9.47 Å². The van der Waals surface area contributed by atoms with Crippen molar-refractivity contribution in [2.45, 2.75) is 0 Å². The van der Waals surface area contributed by atoms with Crippen molar-refractivity contribution >= 4 is 31.9 Å². The minimum atomic E-state index is 0.362. The van der Waals surface area contributed by atoms with Gasteiger partial charge in [0.25, 0.3) is 0 Å². The van der Waals surface area contributed by atoms with E-state index >= 15 is 0 Å². The smallest absolute Gasteiger partial charge is 0.149 e. The van der Waals surface area contributed by atoms with Crippen LogP contribution in [-0.2, 0) is 0 Å². The first-order valence-electron chi connectivity index (χ1n) is 4.39. The number of ether oxygens (including phenoxy) is 2. The Morgan fingerprint density at radius 3 is 1.50 bits per heavy atom. The van der Waals surface area contributed by atoms with E-state index in [0.717, 1.165) is 11.5 Å². The number of hydrogen-bond acceptors (Lipinski definition) is 2. The Balaban J connectivity index is 2.45. The molecule has 0 radical (unpaired) electrons. The van der Waals surface area contributed by atoms with Gasteiger partial charge >= 0.3 is 0 Å². The van der Waals surface area contributed by atoms with E-state index in [1.54, 1.807) is 0 Å². The van der Waals surface area contributed by atoms with Gasteiger partial charge in [0, 0.05) is 31.9 Å². The van der Waals surface area contributed by atoms with E-state index in [1.807, 2.05) is 24.3 Å². The Morgan fingerprint density at radius 1 is 0.812 bits per heavy atom. The van der Waals surface area contributed by atoms with Crippen LogP contribution < -0.4 is 9.47 Å². The van der Waals surface area contributed by atoms with Crippen molar-refractivity contribution in [1.82, 2.24) is 0 Å². The van der Waals surface area contributed by atoms with Crippen LogP contribution in [0.2, 0.25) is 0 Å². The average molecular weight is 344 g/mol. The maximum atomic E-state index is 5.33. The molecule has 0 aliphatic rings. The molecule has 0 amide bonds. The normalized spacial score (nSPS) is 8.12. The second-order valence-corrected chi connectivity index (χ2v) is 3.38. The molecule has 82 valence electrons. The first kappa shape index (κ1) is 13.0. The molecule has 1 aromatic rings. The summed E-state index contributed by atoms with van der Waals surface area (Å²) in [6.45, 7) is 0.723. The zero-order valence-electron chi connectivity index (χ0n) is 8.30. The molecule has 0 bridgehead atoms. The van der Waals surface area contributed by atoms with Gasteiger partial charge in [-0.05, 0) is 45.8 Å². The van der Waals surface area contributed by atoms with E-state index in [9.17, 15) is 0 Å². The van der Waals surface area contributed by atoms with Gasteiger partial charge in [-0.3, -0.25) is 0 Å². The Bertz CT molecular complexity index is 389. The molecule has 0 aliphatic carbocycles. The molecule has 0 aliphatic heterocycles. The summed E-state index contributed by atoms with van der Waals surface area (Å²) in [7, 11) is 0. The van der Waals surface area contributed by atoms with Gasteiger partial charge in [0.2, 0.25) is 0 Å². The zero-order valence-corrected chi connectivity index (χ0v) is 11.5. The zero-order chi connectivity index (χ0) is 11.6. The van der Waals surface area contributed by atoms with Crippen molar-refractivity contribution < 1.29 is 9.47 Å². The lowest BCUT2D eigenvalue weighted by molar-refractivity contribution is 0.360. The highest BCUT2D eigenvalue weighted by Crippen LogP contribution is 2.17. The van der Waals surface area contributed by atoms with Crippen molar-refractivity contribution in [3.63, 3.8) is 0 Å². The molecule has 0 heterocycles. The molecular formula is C12H8Br2O2.